The Morgan fingerprint density at radius 2 is 2.08 bits per heavy atom. The molecule has 135 valence electrons. The van der Waals surface area contributed by atoms with E-state index < -0.39 is 0 Å². The topological polar surface area (TPSA) is 40.5 Å². The molecule has 1 radical (unpaired) electrons. The van der Waals surface area contributed by atoms with Crippen LogP contribution in [-0.4, -0.2) is 22.5 Å². The van der Waals surface area contributed by atoms with Crippen LogP contribution in [0.2, 0.25) is 0 Å². The molecule has 1 aliphatic heterocycles. The van der Waals surface area contributed by atoms with Crippen LogP contribution in [0.25, 0.3) is 0 Å². The molecule has 1 heterocycles. The van der Waals surface area contributed by atoms with Crippen molar-refractivity contribution in [1.82, 2.24) is 4.90 Å². The van der Waals surface area contributed by atoms with Crippen molar-refractivity contribution in [3.8, 4) is 0 Å². The van der Waals surface area contributed by atoms with E-state index in [1.54, 1.807) is 0 Å². The molecule has 1 N–H and O–H groups in total. The van der Waals surface area contributed by atoms with Crippen LogP contribution >= 0.6 is 0 Å². The van der Waals surface area contributed by atoms with Crippen molar-refractivity contribution in [1.29, 1.82) is 0 Å². The molecule has 1 unspecified atom stereocenters. The van der Waals surface area contributed by atoms with Gasteiger partial charge in [0.25, 0.3) is 0 Å². The SMILES string of the molecule is C=C(CC[CH2-])CCN1C(=O)C[C@@H]1c1ccc2c(c1)CCC2O.CC.[Y]. The standard InChI is InChI=1S/C19H24NO2.C2H6.Y/c1-3-4-13(2)9-10-20-17(12-19(20)22)15-5-7-16-14(11-15)6-8-18(16)21;1-2;/h5,7,11,17-18,21H,1-4,6,8-10,12H2;1-2H3;/q-1;;/t17-,18?;;/m1../s1. The number of nitrogens with zero attached hydrogens (tertiary/aromatic N) is 1. The van der Waals surface area contributed by atoms with E-state index in [1.165, 1.54) is 16.7 Å². The molecule has 0 bridgehead atoms. The Kier molecular flexibility index (Phi) is 9.55. The quantitative estimate of drug-likeness (QED) is 0.420. The van der Waals surface area contributed by atoms with Crippen molar-refractivity contribution in [2.75, 3.05) is 6.54 Å². The molecule has 1 saturated heterocycles. The van der Waals surface area contributed by atoms with Gasteiger partial charge in [-0.1, -0.05) is 50.6 Å². The zero-order valence-electron chi connectivity index (χ0n) is 15.6. The molecule has 3 rings (SSSR count). The van der Waals surface area contributed by atoms with Crippen LogP contribution in [0.15, 0.2) is 30.4 Å². The summed E-state index contributed by atoms with van der Waals surface area (Å²) in [6, 6.07) is 6.48. The average Bonchev–Trinajstić information content (AvgIpc) is 2.95. The molecule has 1 aromatic carbocycles. The van der Waals surface area contributed by atoms with Gasteiger partial charge in [0.05, 0.1) is 18.6 Å². The minimum atomic E-state index is -0.311. The zero-order chi connectivity index (χ0) is 17.7. The number of hydrogen-bond acceptors (Lipinski definition) is 2. The van der Waals surface area contributed by atoms with Crippen LogP contribution in [-0.2, 0) is 43.9 Å². The zero-order valence-corrected chi connectivity index (χ0v) is 18.5. The Morgan fingerprint density at radius 3 is 2.72 bits per heavy atom. The van der Waals surface area contributed by atoms with Crippen molar-refractivity contribution in [3.63, 3.8) is 0 Å². The molecule has 1 aliphatic carbocycles. The predicted molar refractivity (Wildman–Crippen MR) is 98.5 cm³/mol. The Hall–Kier alpha value is -0.506. The van der Waals surface area contributed by atoms with Gasteiger partial charge in [0, 0.05) is 39.3 Å². The van der Waals surface area contributed by atoms with E-state index in [0.717, 1.165) is 44.2 Å². The van der Waals surface area contributed by atoms with Crippen molar-refractivity contribution >= 4 is 5.91 Å². The van der Waals surface area contributed by atoms with Crippen LogP contribution < -0.4 is 0 Å². The molecule has 0 saturated carbocycles. The summed E-state index contributed by atoms with van der Waals surface area (Å²) in [5, 5.41) is 9.89. The summed E-state index contributed by atoms with van der Waals surface area (Å²) in [5.74, 6) is 0.230. The fourth-order valence-electron chi connectivity index (χ4n) is 3.51. The van der Waals surface area contributed by atoms with Crippen molar-refractivity contribution < 1.29 is 42.6 Å². The summed E-state index contributed by atoms with van der Waals surface area (Å²) in [6.45, 7) is 12.6. The van der Waals surface area contributed by atoms with E-state index in [-0.39, 0.29) is 50.8 Å². The fourth-order valence-corrected chi connectivity index (χ4v) is 3.51. The first kappa shape index (κ1) is 22.5. The number of carbonyl (C=O) groups is 1. The number of aryl methyl sites for hydroxylation is 1. The number of likely N-dealkylation sites (tertiary alicyclic amines) is 1. The minimum Gasteiger partial charge on any atom is -0.388 e. The van der Waals surface area contributed by atoms with Crippen LogP contribution in [0.1, 0.15) is 74.8 Å². The third-order valence-corrected chi connectivity index (χ3v) is 4.90. The van der Waals surface area contributed by atoms with Crippen LogP contribution in [0.3, 0.4) is 0 Å². The van der Waals surface area contributed by atoms with Gasteiger partial charge in [0.2, 0.25) is 5.91 Å². The van der Waals surface area contributed by atoms with Gasteiger partial charge in [-0.15, -0.1) is 0 Å². The number of aliphatic hydroxyl groups is 1. The van der Waals surface area contributed by atoms with Crippen molar-refractivity contribution in [2.45, 2.75) is 64.5 Å². The van der Waals surface area contributed by atoms with Crippen LogP contribution in [0.4, 0.5) is 0 Å². The van der Waals surface area contributed by atoms with E-state index in [1.807, 2.05) is 24.8 Å². The molecule has 0 aromatic heterocycles. The van der Waals surface area contributed by atoms with E-state index in [0.29, 0.717) is 6.42 Å². The predicted octanol–water partition coefficient (Wildman–Crippen LogP) is 4.52. The summed E-state index contributed by atoms with van der Waals surface area (Å²) in [4.78, 5) is 13.9. The van der Waals surface area contributed by atoms with Crippen LogP contribution in [0.5, 0.6) is 0 Å². The molecule has 2 aliphatic rings. The molecular formula is C21H30NO2Y-. The monoisotopic (exact) mass is 417 g/mol. The Bertz CT molecular complexity index is 600. The summed E-state index contributed by atoms with van der Waals surface area (Å²) >= 11 is 0. The molecule has 3 nitrogen and oxygen atoms in total. The molecule has 0 spiro atoms. The number of amides is 1. The first-order chi connectivity index (χ1) is 11.6. The molecule has 1 fully saturated rings. The summed E-state index contributed by atoms with van der Waals surface area (Å²) in [5.41, 5.74) is 4.68. The second-order valence-electron chi connectivity index (χ2n) is 6.42. The molecule has 1 aromatic rings. The largest absolute Gasteiger partial charge is 0.388 e. The number of benzene rings is 1. The Morgan fingerprint density at radius 1 is 1.36 bits per heavy atom. The fraction of sp³-hybridized carbons (Fsp3) is 0.524. The second-order valence-corrected chi connectivity index (χ2v) is 6.42. The number of hydrogen-bond donors (Lipinski definition) is 1. The third-order valence-electron chi connectivity index (χ3n) is 4.90. The first-order valence-corrected chi connectivity index (χ1v) is 9.16. The maximum Gasteiger partial charge on any atom is 0.225 e. The first-order valence-electron chi connectivity index (χ1n) is 9.16. The number of carbonyl (C=O) groups excluding carboxylic acids is 1. The van der Waals surface area contributed by atoms with Gasteiger partial charge in [0.1, 0.15) is 0 Å². The molecular weight excluding hydrogens is 387 g/mol. The third kappa shape index (κ3) is 5.24. The summed E-state index contributed by atoms with van der Waals surface area (Å²) in [6.07, 6.45) is 4.70. The van der Waals surface area contributed by atoms with Gasteiger partial charge in [-0.05, 0) is 36.0 Å². The van der Waals surface area contributed by atoms with Gasteiger partial charge >= 0.3 is 0 Å². The summed E-state index contributed by atoms with van der Waals surface area (Å²) in [7, 11) is 0. The van der Waals surface area contributed by atoms with Gasteiger partial charge in [-0.2, -0.15) is 6.42 Å². The number of fused-ring (bicyclic) bond motifs is 1. The van der Waals surface area contributed by atoms with Crippen molar-refractivity contribution in [2.24, 2.45) is 0 Å². The van der Waals surface area contributed by atoms with Crippen molar-refractivity contribution in [3.05, 3.63) is 54.0 Å². The Labute approximate surface area is 177 Å². The second kappa shape index (κ2) is 10.6. The van der Waals surface area contributed by atoms with Gasteiger partial charge in [0.15, 0.2) is 0 Å². The molecule has 2 atom stereocenters. The van der Waals surface area contributed by atoms with Gasteiger partial charge < -0.3 is 16.9 Å². The van der Waals surface area contributed by atoms with Crippen LogP contribution in [0, 0.1) is 6.92 Å². The number of aliphatic hydroxyl groups excluding tert-OH is 1. The molecule has 1 amide bonds. The van der Waals surface area contributed by atoms with E-state index >= 15 is 0 Å². The minimum absolute atomic E-state index is 0. The van der Waals surface area contributed by atoms with E-state index in [4.69, 9.17) is 0 Å². The number of rotatable bonds is 6. The average molecular weight is 417 g/mol. The maximum atomic E-state index is 11.9. The molecule has 4 heteroatoms. The maximum absolute atomic E-state index is 11.9. The van der Waals surface area contributed by atoms with E-state index in [2.05, 4.69) is 25.6 Å². The normalized spacial score (nSPS) is 20.8. The van der Waals surface area contributed by atoms with Gasteiger partial charge in [-0.25, -0.2) is 0 Å². The summed E-state index contributed by atoms with van der Waals surface area (Å²) < 4.78 is 0. The smallest absolute Gasteiger partial charge is 0.225 e. The van der Waals surface area contributed by atoms with E-state index in [9.17, 15) is 9.90 Å². The molecule has 25 heavy (non-hydrogen) atoms. The van der Waals surface area contributed by atoms with Gasteiger partial charge in [-0.3, -0.25) is 4.79 Å². The Balaban J connectivity index is 0.00000101. The number of β-lactam (4-membered cyclic amide) rings is 1.